The fourth-order valence-corrected chi connectivity index (χ4v) is 3.12. The van der Waals surface area contributed by atoms with Crippen LogP contribution in [0.1, 0.15) is 20.7 Å². The molecule has 0 radical (unpaired) electrons. The Morgan fingerprint density at radius 1 is 1.04 bits per heavy atom. The van der Waals surface area contributed by atoms with Gasteiger partial charge in [0, 0.05) is 11.1 Å². The Labute approximate surface area is 152 Å². The normalized spacial score (nSPS) is 10.3. The molecule has 1 aromatic heterocycles. The Kier molecular flexibility index (Phi) is 5.06. The molecule has 0 saturated carbocycles. The van der Waals surface area contributed by atoms with Crippen molar-refractivity contribution in [2.75, 3.05) is 12.4 Å². The molecule has 8 heteroatoms. The van der Waals surface area contributed by atoms with Gasteiger partial charge in [0.1, 0.15) is 0 Å². The molecule has 3 aromatic rings. The summed E-state index contributed by atoms with van der Waals surface area (Å²) in [5, 5.41) is 12.2. The number of nitrogens with zero attached hydrogens (tertiary/aromatic N) is 2. The maximum atomic E-state index is 12.3. The van der Waals surface area contributed by atoms with E-state index >= 15 is 0 Å². The van der Waals surface area contributed by atoms with Crippen molar-refractivity contribution in [1.82, 2.24) is 10.2 Å². The Bertz CT molecular complexity index is 925. The molecule has 126 valence electrons. The van der Waals surface area contributed by atoms with Gasteiger partial charge in [-0.2, -0.15) is 0 Å². The minimum absolute atomic E-state index is 0.349. The van der Waals surface area contributed by atoms with Crippen molar-refractivity contribution in [2.24, 2.45) is 0 Å². The number of esters is 1. The summed E-state index contributed by atoms with van der Waals surface area (Å²) in [6, 6.07) is 13.4. The van der Waals surface area contributed by atoms with E-state index in [2.05, 4.69) is 20.3 Å². The maximum Gasteiger partial charge on any atom is 0.337 e. The van der Waals surface area contributed by atoms with E-state index in [1.807, 2.05) is 18.2 Å². The molecule has 0 unspecified atom stereocenters. The number of nitrogens with one attached hydrogen (secondary N) is 1. The van der Waals surface area contributed by atoms with Gasteiger partial charge < -0.3 is 4.74 Å². The zero-order chi connectivity index (χ0) is 17.8. The van der Waals surface area contributed by atoms with E-state index in [9.17, 15) is 9.59 Å². The Balaban J connectivity index is 1.74. The lowest BCUT2D eigenvalue weighted by atomic mass is 10.1. The molecule has 2 aromatic carbocycles. The number of carbonyl (C=O) groups is 2. The fourth-order valence-electron chi connectivity index (χ4n) is 2.06. The molecule has 0 spiro atoms. The summed E-state index contributed by atoms with van der Waals surface area (Å²) in [5.41, 5.74) is 1.52. The number of anilines is 1. The van der Waals surface area contributed by atoms with Crippen LogP contribution >= 0.6 is 22.9 Å². The van der Waals surface area contributed by atoms with E-state index < -0.39 is 5.97 Å². The van der Waals surface area contributed by atoms with Crippen LogP contribution in [0.15, 0.2) is 48.5 Å². The molecule has 0 saturated heterocycles. The summed E-state index contributed by atoms with van der Waals surface area (Å²) in [5.74, 6) is -0.807. The second kappa shape index (κ2) is 7.42. The maximum absolute atomic E-state index is 12.3. The minimum atomic E-state index is -0.458. The summed E-state index contributed by atoms with van der Waals surface area (Å²) in [7, 11) is 1.30. The van der Waals surface area contributed by atoms with Crippen molar-refractivity contribution in [3.8, 4) is 10.6 Å². The van der Waals surface area contributed by atoms with Crippen molar-refractivity contribution in [3.63, 3.8) is 0 Å². The number of aromatic nitrogens is 2. The first-order chi connectivity index (χ1) is 12.1. The van der Waals surface area contributed by atoms with E-state index in [0.29, 0.717) is 26.3 Å². The number of benzene rings is 2. The largest absolute Gasteiger partial charge is 0.465 e. The van der Waals surface area contributed by atoms with Crippen LogP contribution in [0.4, 0.5) is 5.13 Å². The number of ether oxygens (including phenoxy) is 1. The number of rotatable bonds is 4. The van der Waals surface area contributed by atoms with E-state index in [1.165, 1.54) is 42.7 Å². The second-order valence-corrected chi connectivity index (χ2v) is 6.30. The van der Waals surface area contributed by atoms with Crippen molar-refractivity contribution < 1.29 is 14.3 Å². The molecule has 1 amide bonds. The molecular formula is C17H12ClN3O3S. The smallest absolute Gasteiger partial charge is 0.337 e. The fraction of sp³-hybridized carbons (Fsp3) is 0.0588. The third kappa shape index (κ3) is 3.84. The standard InChI is InChI=1S/C17H12ClN3O3S/c1-24-16(23)11-8-6-10(7-9-11)14(22)19-17-21-20-15(25-17)12-4-2-3-5-13(12)18/h2-9H,1H3,(H,19,21,22). The summed E-state index contributed by atoms with van der Waals surface area (Å²) >= 11 is 7.36. The lowest BCUT2D eigenvalue weighted by Gasteiger charge is -2.03. The van der Waals surface area contributed by atoms with Gasteiger partial charge in [-0.15, -0.1) is 10.2 Å². The van der Waals surface area contributed by atoms with E-state index in [-0.39, 0.29) is 5.91 Å². The van der Waals surface area contributed by atoms with Gasteiger partial charge in [-0.25, -0.2) is 4.79 Å². The first-order valence-electron chi connectivity index (χ1n) is 7.16. The Morgan fingerprint density at radius 3 is 2.40 bits per heavy atom. The van der Waals surface area contributed by atoms with Crippen molar-refractivity contribution >= 4 is 39.9 Å². The number of halogens is 1. The molecule has 0 atom stereocenters. The van der Waals surface area contributed by atoms with E-state index in [4.69, 9.17) is 11.6 Å². The van der Waals surface area contributed by atoms with Crippen LogP contribution in [0.2, 0.25) is 5.02 Å². The highest BCUT2D eigenvalue weighted by atomic mass is 35.5. The molecule has 3 rings (SSSR count). The summed E-state index contributed by atoms with van der Waals surface area (Å²) in [6.45, 7) is 0. The van der Waals surface area contributed by atoms with Crippen LogP contribution in [0.5, 0.6) is 0 Å². The summed E-state index contributed by atoms with van der Waals surface area (Å²) in [4.78, 5) is 23.7. The van der Waals surface area contributed by atoms with Gasteiger partial charge in [-0.05, 0) is 30.3 Å². The number of methoxy groups -OCH3 is 1. The third-order valence-electron chi connectivity index (χ3n) is 3.32. The van der Waals surface area contributed by atoms with Gasteiger partial charge in [-0.3, -0.25) is 10.1 Å². The monoisotopic (exact) mass is 373 g/mol. The van der Waals surface area contributed by atoms with Gasteiger partial charge in [-0.1, -0.05) is 41.1 Å². The van der Waals surface area contributed by atoms with E-state index in [1.54, 1.807) is 6.07 Å². The topological polar surface area (TPSA) is 81.2 Å². The van der Waals surface area contributed by atoms with Gasteiger partial charge in [0.05, 0.1) is 17.7 Å². The molecular weight excluding hydrogens is 362 g/mol. The van der Waals surface area contributed by atoms with Gasteiger partial charge in [0.2, 0.25) is 5.13 Å². The first kappa shape index (κ1) is 17.1. The molecule has 0 fully saturated rings. The number of hydrogen-bond acceptors (Lipinski definition) is 6. The molecule has 6 nitrogen and oxygen atoms in total. The van der Waals surface area contributed by atoms with Crippen LogP contribution in [0, 0.1) is 0 Å². The van der Waals surface area contributed by atoms with Crippen LogP contribution < -0.4 is 5.32 Å². The number of carbonyl (C=O) groups excluding carboxylic acids is 2. The zero-order valence-electron chi connectivity index (χ0n) is 13.0. The third-order valence-corrected chi connectivity index (χ3v) is 4.52. The van der Waals surface area contributed by atoms with Crippen LogP contribution in [0.25, 0.3) is 10.6 Å². The van der Waals surface area contributed by atoms with Crippen molar-refractivity contribution in [2.45, 2.75) is 0 Å². The van der Waals surface area contributed by atoms with Crippen LogP contribution in [-0.4, -0.2) is 29.2 Å². The molecule has 1 N–H and O–H groups in total. The highest BCUT2D eigenvalue weighted by molar-refractivity contribution is 7.18. The predicted molar refractivity (Wildman–Crippen MR) is 96.1 cm³/mol. The highest BCUT2D eigenvalue weighted by Gasteiger charge is 2.13. The van der Waals surface area contributed by atoms with Crippen LogP contribution in [-0.2, 0) is 4.74 Å². The minimum Gasteiger partial charge on any atom is -0.465 e. The molecule has 0 aliphatic heterocycles. The van der Waals surface area contributed by atoms with Gasteiger partial charge >= 0.3 is 5.97 Å². The summed E-state index contributed by atoms with van der Waals surface area (Å²) in [6.07, 6.45) is 0. The average molecular weight is 374 g/mol. The lowest BCUT2D eigenvalue weighted by molar-refractivity contribution is 0.0600. The predicted octanol–water partition coefficient (Wildman–Crippen LogP) is 3.90. The Hall–Kier alpha value is -2.77. The van der Waals surface area contributed by atoms with E-state index in [0.717, 1.165) is 5.56 Å². The lowest BCUT2D eigenvalue weighted by Crippen LogP contribution is -2.12. The molecule has 25 heavy (non-hydrogen) atoms. The number of hydrogen-bond donors (Lipinski definition) is 1. The molecule has 0 bridgehead atoms. The number of amides is 1. The molecule has 1 heterocycles. The SMILES string of the molecule is COC(=O)c1ccc(C(=O)Nc2nnc(-c3ccccc3Cl)s2)cc1. The average Bonchev–Trinajstić information content (AvgIpc) is 3.09. The van der Waals surface area contributed by atoms with Gasteiger partial charge in [0.25, 0.3) is 5.91 Å². The Morgan fingerprint density at radius 2 is 1.72 bits per heavy atom. The quantitative estimate of drug-likeness (QED) is 0.701. The van der Waals surface area contributed by atoms with Crippen molar-refractivity contribution in [1.29, 1.82) is 0 Å². The zero-order valence-corrected chi connectivity index (χ0v) is 14.6. The first-order valence-corrected chi connectivity index (χ1v) is 8.36. The summed E-state index contributed by atoms with van der Waals surface area (Å²) < 4.78 is 4.62. The highest BCUT2D eigenvalue weighted by Crippen LogP contribution is 2.31. The van der Waals surface area contributed by atoms with Crippen LogP contribution in [0.3, 0.4) is 0 Å². The second-order valence-electron chi connectivity index (χ2n) is 4.92. The molecule has 0 aliphatic rings. The van der Waals surface area contributed by atoms with Gasteiger partial charge in [0.15, 0.2) is 5.01 Å². The molecule has 0 aliphatic carbocycles. The van der Waals surface area contributed by atoms with Crippen molar-refractivity contribution in [3.05, 3.63) is 64.7 Å².